The van der Waals surface area contributed by atoms with Gasteiger partial charge in [0.25, 0.3) is 0 Å². The number of aromatic amines is 1. The second-order valence-electron chi connectivity index (χ2n) is 4.68. The molecule has 3 heteroatoms. The molecule has 0 saturated heterocycles. The molecule has 2 fully saturated rings. The maximum Gasteiger partial charge on any atom is 0.145 e. The number of fused-ring (bicyclic) bond motifs is 1. The summed E-state index contributed by atoms with van der Waals surface area (Å²) in [6, 6.07) is 1.99. The minimum Gasteiger partial charge on any atom is -0.382 e. The lowest BCUT2D eigenvalue weighted by Crippen LogP contribution is -1.95. The molecule has 2 unspecified atom stereocenters. The average Bonchev–Trinajstić information content (AvgIpc) is 2.50. The fraction of sp³-hybridized carbons (Fsp3) is 0.700. The molecule has 0 aliphatic heterocycles. The molecule has 1 aromatic rings. The molecule has 13 heavy (non-hydrogen) atoms. The summed E-state index contributed by atoms with van der Waals surface area (Å²) < 4.78 is 0. The van der Waals surface area contributed by atoms with Crippen molar-refractivity contribution in [3.8, 4) is 0 Å². The zero-order valence-corrected chi connectivity index (χ0v) is 7.83. The Labute approximate surface area is 77.7 Å². The summed E-state index contributed by atoms with van der Waals surface area (Å²) in [6.07, 6.45) is 2.79. The average molecular weight is 177 g/mol. The van der Waals surface area contributed by atoms with E-state index >= 15 is 0 Å². The molecule has 0 spiro atoms. The van der Waals surface area contributed by atoms with Gasteiger partial charge in [0.15, 0.2) is 0 Å². The summed E-state index contributed by atoms with van der Waals surface area (Å²) in [5.41, 5.74) is 6.84. The van der Waals surface area contributed by atoms with Crippen LogP contribution in [0.4, 0.5) is 5.82 Å². The first-order chi connectivity index (χ1) is 6.25. The first kappa shape index (κ1) is 7.42. The summed E-state index contributed by atoms with van der Waals surface area (Å²) in [7, 11) is 0. The highest BCUT2D eigenvalue weighted by molar-refractivity contribution is 5.34. The van der Waals surface area contributed by atoms with Crippen LogP contribution in [0.15, 0.2) is 6.07 Å². The van der Waals surface area contributed by atoms with E-state index in [1.807, 2.05) is 6.07 Å². The van der Waals surface area contributed by atoms with E-state index in [1.54, 1.807) is 0 Å². The Morgan fingerprint density at radius 3 is 2.69 bits per heavy atom. The van der Waals surface area contributed by atoms with E-state index in [4.69, 9.17) is 5.73 Å². The van der Waals surface area contributed by atoms with Crippen LogP contribution in [0.2, 0.25) is 0 Å². The lowest BCUT2D eigenvalue weighted by Gasteiger charge is -2.05. The third-order valence-corrected chi connectivity index (χ3v) is 3.66. The number of nitrogen functional groups attached to an aromatic ring is 1. The van der Waals surface area contributed by atoms with Crippen LogP contribution in [0.1, 0.15) is 31.4 Å². The SMILES string of the molecule is CC1C[C@@H]2C(c3cc(N)n[nH]3)[C@@H]2C1. The molecule has 70 valence electrons. The van der Waals surface area contributed by atoms with Crippen LogP contribution in [-0.4, -0.2) is 10.2 Å². The number of hydrogen-bond donors (Lipinski definition) is 2. The van der Waals surface area contributed by atoms with E-state index < -0.39 is 0 Å². The predicted molar refractivity (Wildman–Crippen MR) is 51.1 cm³/mol. The van der Waals surface area contributed by atoms with Crippen LogP contribution in [0.5, 0.6) is 0 Å². The van der Waals surface area contributed by atoms with Gasteiger partial charge in [-0.05, 0) is 30.6 Å². The van der Waals surface area contributed by atoms with Gasteiger partial charge < -0.3 is 5.73 Å². The number of nitrogens with zero attached hydrogens (tertiary/aromatic N) is 1. The second-order valence-corrected chi connectivity index (χ2v) is 4.68. The summed E-state index contributed by atoms with van der Waals surface area (Å²) >= 11 is 0. The molecule has 1 heterocycles. The van der Waals surface area contributed by atoms with Crippen LogP contribution >= 0.6 is 0 Å². The number of H-pyrrole nitrogens is 1. The quantitative estimate of drug-likeness (QED) is 0.686. The van der Waals surface area contributed by atoms with Gasteiger partial charge in [-0.3, -0.25) is 5.10 Å². The lowest BCUT2D eigenvalue weighted by atomic mass is 10.0. The molecule has 3 N–H and O–H groups in total. The van der Waals surface area contributed by atoms with E-state index in [1.165, 1.54) is 18.5 Å². The summed E-state index contributed by atoms with van der Waals surface area (Å²) in [5, 5.41) is 7.01. The van der Waals surface area contributed by atoms with Gasteiger partial charge in [-0.1, -0.05) is 6.92 Å². The standard InChI is InChI=1S/C10H15N3/c1-5-2-6-7(3-5)10(6)8-4-9(11)13-12-8/h4-7,10H,2-3H2,1H3,(H3,11,12,13)/t5?,6-,7+,10?. The Morgan fingerprint density at radius 1 is 1.46 bits per heavy atom. The van der Waals surface area contributed by atoms with Crippen molar-refractivity contribution in [1.29, 1.82) is 0 Å². The van der Waals surface area contributed by atoms with Crippen molar-refractivity contribution in [2.75, 3.05) is 5.73 Å². The highest BCUT2D eigenvalue weighted by Gasteiger charge is 2.56. The zero-order valence-electron chi connectivity index (χ0n) is 7.83. The molecule has 1 aromatic heterocycles. The molecule has 0 radical (unpaired) electrons. The molecule has 0 aromatic carbocycles. The van der Waals surface area contributed by atoms with Crippen LogP contribution in [0, 0.1) is 17.8 Å². The lowest BCUT2D eigenvalue weighted by molar-refractivity contribution is 0.510. The largest absolute Gasteiger partial charge is 0.382 e. The highest BCUT2D eigenvalue weighted by atomic mass is 15.2. The fourth-order valence-corrected chi connectivity index (χ4v) is 3.10. The van der Waals surface area contributed by atoms with Gasteiger partial charge in [-0.15, -0.1) is 0 Å². The smallest absolute Gasteiger partial charge is 0.145 e. The number of rotatable bonds is 1. The topological polar surface area (TPSA) is 54.7 Å². The molecular weight excluding hydrogens is 162 g/mol. The Hall–Kier alpha value is -0.990. The molecule has 2 saturated carbocycles. The maximum absolute atomic E-state index is 5.58. The van der Waals surface area contributed by atoms with E-state index in [0.29, 0.717) is 5.82 Å². The Balaban J connectivity index is 1.78. The van der Waals surface area contributed by atoms with E-state index in [0.717, 1.165) is 23.7 Å². The first-order valence-corrected chi connectivity index (χ1v) is 5.06. The molecule has 0 bridgehead atoms. The van der Waals surface area contributed by atoms with Crippen LogP contribution in [-0.2, 0) is 0 Å². The maximum atomic E-state index is 5.58. The molecule has 2 aliphatic carbocycles. The van der Waals surface area contributed by atoms with Crippen LogP contribution in [0.25, 0.3) is 0 Å². The number of nitrogens with two attached hydrogens (primary N) is 1. The fourth-order valence-electron chi connectivity index (χ4n) is 3.10. The van der Waals surface area contributed by atoms with Crippen molar-refractivity contribution in [2.24, 2.45) is 17.8 Å². The normalized spacial score (nSPS) is 41.9. The molecular formula is C10H15N3. The minimum atomic E-state index is 0.632. The number of hydrogen-bond acceptors (Lipinski definition) is 2. The summed E-state index contributed by atoms with van der Waals surface area (Å²) in [6.45, 7) is 2.35. The van der Waals surface area contributed by atoms with Crippen molar-refractivity contribution in [3.05, 3.63) is 11.8 Å². The van der Waals surface area contributed by atoms with Gasteiger partial charge in [-0.25, -0.2) is 0 Å². The van der Waals surface area contributed by atoms with Gasteiger partial charge in [0, 0.05) is 17.7 Å². The van der Waals surface area contributed by atoms with Crippen molar-refractivity contribution in [3.63, 3.8) is 0 Å². The minimum absolute atomic E-state index is 0.632. The Morgan fingerprint density at radius 2 is 2.15 bits per heavy atom. The second kappa shape index (κ2) is 2.28. The molecule has 3 rings (SSSR count). The molecule has 2 aliphatic rings. The van der Waals surface area contributed by atoms with Gasteiger partial charge >= 0.3 is 0 Å². The summed E-state index contributed by atoms with van der Waals surface area (Å²) in [4.78, 5) is 0. The van der Waals surface area contributed by atoms with Gasteiger partial charge in [0.05, 0.1) is 0 Å². The van der Waals surface area contributed by atoms with E-state index in [9.17, 15) is 0 Å². The first-order valence-electron chi connectivity index (χ1n) is 5.06. The highest BCUT2D eigenvalue weighted by Crippen LogP contribution is 2.64. The number of nitrogens with one attached hydrogen (secondary N) is 1. The predicted octanol–water partition coefficient (Wildman–Crippen LogP) is 1.75. The molecule has 0 amide bonds. The van der Waals surface area contributed by atoms with Crippen molar-refractivity contribution in [2.45, 2.75) is 25.7 Å². The van der Waals surface area contributed by atoms with Crippen molar-refractivity contribution in [1.82, 2.24) is 10.2 Å². The Bertz CT molecular complexity index is 319. The summed E-state index contributed by atoms with van der Waals surface area (Å²) in [5.74, 6) is 4.17. The Kier molecular flexibility index (Phi) is 1.30. The molecule has 4 atom stereocenters. The van der Waals surface area contributed by atoms with E-state index in [2.05, 4.69) is 17.1 Å². The van der Waals surface area contributed by atoms with Gasteiger partial charge in [0.1, 0.15) is 5.82 Å². The monoisotopic (exact) mass is 177 g/mol. The zero-order chi connectivity index (χ0) is 9.00. The van der Waals surface area contributed by atoms with Gasteiger partial charge in [-0.2, -0.15) is 5.10 Å². The van der Waals surface area contributed by atoms with Gasteiger partial charge in [0.2, 0.25) is 0 Å². The third-order valence-electron chi connectivity index (χ3n) is 3.66. The number of anilines is 1. The van der Waals surface area contributed by atoms with Crippen molar-refractivity contribution >= 4 is 5.82 Å². The molecule has 3 nitrogen and oxygen atoms in total. The van der Waals surface area contributed by atoms with Crippen molar-refractivity contribution < 1.29 is 0 Å². The number of aromatic nitrogens is 2. The van der Waals surface area contributed by atoms with Crippen LogP contribution < -0.4 is 5.73 Å². The third kappa shape index (κ3) is 0.992. The van der Waals surface area contributed by atoms with E-state index in [-0.39, 0.29) is 0 Å². The van der Waals surface area contributed by atoms with Crippen LogP contribution in [0.3, 0.4) is 0 Å².